The van der Waals surface area contributed by atoms with E-state index >= 15 is 0 Å². The van der Waals surface area contributed by atoms with Gasteiger partial charge in [0.25, 0.3) is 10.0 Å². The molecule has 2 aromatic rings. The van der Waals surface area contributed by atoms with Crippen LogP contribution in [0.15, 0.2) is 47.4 Å². The zero-order valence-electron chi connectivity index (χ0n) is 12.0. The smallest absolute Gasteiger partial charge is 0.337 e. The second-order valence-corrected chi connectivity index (χ2v) is 6.67. The van der Waals surface area contributed by atoms with Crippen LogP contribution in [0.3, 0.4) is 0 Å². The Bertz CT molecular complexity index is 818. The first-order valence-electron chi connectivity index (χ1n) is 6.31. The number of nitrogens with one attached hydrogen (secondary N) is 1. The number of aryl methyl sites for hydroxylation is 1. The highest BCUT2D eigenvalue weighted by atomic mass is 35.5. The molecule has 116 valence electrons. The fourth-order valence-corrected chi connectivity index (χ4v) is 3.51. The summed E-state index contributed by atoms with van der Waals surface area (Å²) < 4.78 is 31.7. The summed E-state index contributed by atoms with van der Waals surface area (Å²) in [5.41, 5.74) is 1.36. The van der Waals surface area contributed by atoms with Gasteiger partial charge in [0.05, 0.1) is 17.7 Å². The quantitative estimate of drug-likeness (QED) is 0.868. The third-order valence-electron chi connectivity index (χ3n) is 2.91. The van der Waals surface area contributed by atoms with Crippen LogP contribution in [0, 0.1) is 6.92 Å². The van der Waals surface area contributed by atoms with Gasteiger partial charge in [-0.05, 0) is 42.8 Å². The number of benzene rings is 2. The molecule has 7 heteroatoms. The largest absolute Gasteiger partial charge is 0.465 e. The van der Waals surface area contributed by atoms with E-state index in [1.807, 2.05) is 6.92 Å². The summed E-state index contributed by atoms with van der Waals surface area (Å²) >= 11 is 5.99. The zero-order valence-corrected chi connectivity index (χ0v) is 13.5. The summed E-state index contributed by atoms with van der Waals surface area (Å²) in [6.07, 6.45) is 0. The molecule has 0 spiro atoms. The summed E-state index contributed by atoms with van der Waals surface area (Å²) in [4.78, 5) is 11.4. The molecule has 0 aliphatic heterocycles. The first-order valence-corrected chi connectivity index (χ1v) is 8.17. The van der Waals surface area contributed by atoms with E-state index in [1.54, 1.807) is 18.2 Å². The van der Waals surface area contributed by atoms with Crippen molar-refractivity contribution >= 4 is 33.3 Å². The topological polar surface area (TPSA) is 72.5 Å². The third kappa shape index (κ3) is 3.58. The van der Waals surface area contributed by atoms with Crippen LogP contribution < -0.4 is 4.72 Å². The van der Waals surface area contributed by atoms with Crippen molar-refractivity contribution in [1.82, 2.24) is 0 Å². The predicted molar refractivity (Wildman–Crippen MR) is 84.8 cm³/mol. The first-order chi connectivity index (χ1) is 10.3. The van der Waals surface area contributed by atoms with E-state index in [1.165, 1.54) is 31.4 Å². The van der Waals surface area contributed by atoms with Crippen molar-refractivity contribution in [3.05, 3.63) is 58.6 Å². The SMILES string of the molecule is COC(=O)c1cccc(NS(=O)(=O)c2ccc(C)cc2Cl)c1. The Morgan fingerprint density at radius 2 is 1.91 bits per heavy atom. The highest BCUT2D eigenvalue weighted by molar-refractivity contribution is 7.92. The molecule has 22 heavy (non-hydrogen) atoms. The molecule has 0 aliphatic carbocycles. The number of methoxy groups -OCH3 is 1. The molecule has 0 bridgehead atoms. The van der Waals surface area contributed by atoms with Gasteiger partial charge in [0.15, 0.2) is 0 Å². The van der Waals surface area contributed by atoms with Crippen molar-refractivity contribution in [2.45, 2.75) is 11.8 Å². The van der Waals surface area contributed by atoms with Crippen LogP contribution in [-0.2, 0) is 14.8 Å². The second-order valence-electron chi connectivity index (χ2n) is 4.61. The maximum atomic E-state index is 12.4. The molecule has 2 rings (SSSR count). The van der Waals surface area contributed by atoms with Gasteiger partial charge in [-0.25, -0.2) is 13.2 Å². The second kappa shape index (κ2) is 6.37. The third-order valence-corrected chi connectivity index (χ3v) is 4.78. The Balaban J connectivity index is 2.35. The summed E-state index contributed by atoms with van der Waals surface area (Å²) in [6.45, 7) is 1.82. The van der Waals surface area contributed by atoms with Crippen molar-refractivity contribution in [3.63, 3.8) is 0 Å². The Kier molecular flexibility index (Phi) is 4.73. The summed E-state index contributed by atoms with van der Waals surface area (Å²) in [5.74, 6) is -0.547. The van der Waals surface area contributed by atoms with Gasteiger partial charge >= 0.3 is 5.97 Å². The summed E-state index contributed by atoms with van der Waals surface area (Å²) in [7, 11) is -2.59. The normalized spacial score (nSPS) is 11.0. The zero-order chi connectivity index (χ0) is 16.3. The summed E-state index contributed by atoms with van der Waals surface area (Å²) in [5, 5.41) is 0.136. The molecule has 2 aromatic carbocycles. The van der Waals surface area contributed by atoms with Gasteiger partial charge in [0, 0.05) is 5.69 Å². The number of rotatable bonds is 4. The van der Waals surface area contributed by atoms with Crippen LogP contribution in [-0.4, -0.2) is 21.5 Å². The van der Waals surface area contributed by atoms with Crippen LogP contribution >= 0.6 is 11.6 Å². The average Bonchev–Trinajstić information content (AvgIpc) is 2.45. The van der Waals surface area contributed by atoms with Crippen molar-refractivity contribution < 1.29 is 17.9 Å². The van der Waals surface area contributed by atoms with Crippen LogP contribution in [0.25, 0.3) is 0 Å². The van der Waals surface area contributed by atoms with Crippen LogP contribution in [0.1, 0.15) is 15.9 Å². The van der Waals surface area contributed by atoms with E-state index in [0.29, 0.717) is 0 Å². The van der Waals surface area contributed by atoms with Crippen molar-refractivity contribution in [2.24, 2.45) is 0 Å². The number of hydrogen-bond donors (Lipinski definition) is 1. The molecule has 0 unspecified atom stereocenters. The van der Waals surface area contributed by atoms with Gasteiger partial charge in [-0.3, -0.25) is 4.72 Å². The van der Waals surface area contributed by atoms with Crippen molar-refractivity contribution in [1.29, 1.82) is 0 Å². The van der Waals surface area contributed by atoms with E-state index in [-0.39, 0.29) is 21.2 Å². The monoisotopic (exact) mass is 339 g/mol. The molecular weight excluding hydrogens is 326 g/mol. The van der Waals surface area contributed by atoms with Gasteiger partial charge in [-0.2, -0.15) is 0 Å². The maximum absolute atomic E-state index is 12.4. The minimum atomic E-state index is -3.84. The highest BCUT2D eigenvalue weighted by Gasteiger charge is 2.18. The number of hydrogen-bond acceptors (Lipinski definition) is 4. The van der Waals surface area contributed by atoms with Crippen molar-refractivity contribution in [3.8, 4) is 0 Å². The Hall–Kier alpha value is -2.05. The number of sulfonamides is 1. The Morgan fingerprint density at radius 3 is 2.55 bits per heavy atom. The maximum Gasteiger partial charge on any atom is 0.337 e. The number of carbonyl (C=O) groups excluding carboxylic acids is 1. The molecule has 0 atom stereocenters. The molecule has 0 fully saturated rings. The van der Waals surface area contributed by atoms with E-state index in [0.717, 1.165) is 5.56 Å². The Labute approximate surface area is 133 Å². The number of anilines is 1. The van der Waals surface area contributed by atoms with Crippen molar-refractivity contribution in [2.75, 3.05) is 11.8 Å². The molecule has 0 aliphatic rings. The lowest BCUT2D eigenvalue weighted by molar-refractivity contribution is 0.0601. The minimum absolute atomic E-state index is 0.0248. The molecule has 5 nitrogen and oxygen atoms in total. The number of halogens is 1. The average molecular weight is 340 g/mol. The lowest BCUT2D eigenvalue weighted by Gasteiger charge is -2.10. The fourth-order valence-electron chi connectivity index (χ4n) is 1.86. The molecule has 0 heterocycles. The number of esters is 1. The molecule has 0 amide bonds. The van der Waals surface area contributed by atoms with Gasteiger partial charge in [-0.15, -0.1) is 0 Å². The molecule has 0 aromatic heterocycles. The summed E-state index contributed by atoms with van der Waals surface area (Å²) in [6, 6.07) is 10.7. The minimum Gasteiger partial charge on any atom is -0.465 e. The van der Waals surface area contributed by atoms with Gasteiger partial charge in [-0.1, -0.05) is 23.7 Å². The van der Waals surface area contributed by atoms with Gasteiger partial charge in [0.2, 0.25) is 0 Å². The number of ether oxygens (including phenoxy) is 1. The van der Waals surface area contributed by atoms with Gasteiger partial charge in [0.1, 0.15) is 4.90 Å². The van der Waals surface area contributed by atoms with Gasteiger partial charge < -0.3 is 4.74 Å². The van der Waals surface area contributed by atoms with Crippen LogP contribution in [0.4, 0.5) is 5.69 Å². The molecule has 0 radical (unpaired) electrons. The standard InChI is InChI=1S/C15H14ClNO4S/c1-10-6-7-14(13(16)8-10)22(19,20)17-12-5-3-4-11(9-12)15(18)21-2/h3-9,17H,1-2H3. The fraction of sp³-hybridized carbons (Fsp3) is 0.133. The highest BCUT2D eigenvalue weighted by Crippen LogP contribution is 2.25. The van der Waals surface area contributed by atoms with E-state index in [2.05, 4.69) is 9.46 Å². The van der Waals surface area contributed by atoms with E-state index in [4.69, 9.17) is 11.6 Å². The lowest BCUT2D eigenvalue weighted by atomic mass is 10.2. The van der Waals surface area contributed by atoms with E-state index in [9.17, 15) is 13.2 Å². The van der Waals surface area contributed by atoms with E-state index < -0.39 is 16.0 Å². The molecular formula is C15H14ClNO4S. The lowest BCUT2D eigenvalue weighted by Crippen LogP contribution is -2.14. The first kappa shape index (κ1) is 16.3. The Morgan fingerprint density at radius 1 is 1.18 bits per heavy atom. The molecule has 1 N–H and O–H groups in total. The number of carbonyl (C=O) groups is 1. The molecule has 0 saturated heterocycles. The predicted octanol–water partition coefficient (Wildman–Crippen LogP) is 3.24. The van der Waals surface area contributed by atoms with Crippen LogP contribution in [0.5, 0.6) is 0 Å². The van der Waals surface area contributed by atoms with Crippen LogP contribution in [0.2, 0.25) is 5.02 Å². The molecule has 0 saturated carbocycles.